The van der Waals surface area contributed by atoms with Gasteiger partial charge in [-0.1, -0.05) is 42.0 Å². The molecule has 32 heavy (non-hydrogen) atoms. The van der Waals surface area contributed by atoms with E-state index in [1.165, 1.54) is 6.08 Å². The number of aliphatic hydroxyl groups is 5. The van der Waals surface area contributed by atoms with Crippen molar-refractivity contribution in [3.63, 3.8) is 0 Å². The molecule has 1 aliphatic carbocycles. The molecule has 1 fully saturated rings. The molecule has 1 saturated carbocycles. The summed E-state index contributed by atoms with van der Waals surface area (Å²) in [5, 5.41) is 50.0. The number of benzene rings is 1. The Morgan fingerprint density at radius 3 is 2.28 bits per heavy atom. The van der Waals surface area contributed by atoms with Crippen molar-refractivity contribution in [3.8, 4) is 5.75 Å². The molecule has 5 atom stereocenters. The third-order valence-corrected chi connectivity index (χ3v) is 6.16. The van der Waals surface area contributed by atoms with Crippen molar-refractivity contribution in [2.45, 2.75) is 50.1 Å². The number of hydrogen-bond donors (Lipinski definition) is 5. The second-order valence-corrected chi connectivity index (χ2v) is 8.25. The Labute approximate surface area is 190 Å². The molecule has 0 bridgehead atoms. The summed E-state index contributed by atoms with van der Waals surface area (Å²) < 4.78 is 35.2. The molecular formula is C23H29ClF2O6. The standard InChI is InChI=1S/C23H29ClF2O6/c1-4-32-16-8-6-15(7-9-16)11-13(2)18(24)10-5-14(3)22(31)21(30)20(29)19(28)17(12-27)23(22,25)26/h5-10,17,19-21,27-31H,3-4,11-12H2,1-2H3/b10-5-,18-13-/t17-,19-,20+,21-,22-/m1/s1. The van der Waals surface area contributed by atoms with E-state index in [2.05, 4.69) is 6.58 Å². The molecule has 9 heteroatoms. The van der Waals surface area contributed by atoms with Crippen LogP contribution in [0.15, 0.2) is 59.2 Å². The van der Waals surface area contributed by atoms with E-state index in [4.69, 9.17) is 16.3 Å². The third kappa shape index (κ3) is 4.90. The lowest BCUT2D eigenvalue weighted by Gasteiger charge is -2.51. The van der Waals surface area contributed by atoms with Crippen LogP contribution >= 0.6 is 11.6 Å². The zero-order valence-electron chi connectivity index (χ0n) is 17.9. The number of allylic oxidation sites excluding steroid dienone is 3. The van der Waals surface area contributed by atoms with Gasteiger partial charge in [-0.05, 0) is 49.6 Å². The first-order valence-corrected chi connectivity index (χ1v) is 10.5. The summed E-state index contributed by atoms with van der Waals surface area (Å²) in [4.78, 5) is 0. The van der Waals surface area contributed by atoms with Crippen molar-refractivity contribution in [2.75, 3.05) is 13.2 Å². The normalized spacial score (nSPS) is 30.8. The lowest BCUT2D eigenvalue weighted by molar-refractivity contribution is -0.306. The summed E-state index contributed by atoms with van der Waals surface area (Å²) >= 11 is 6.27. The maximum atomic E-state index is 14.9. The molecule has 6 nitrogen and oxygen atoms in total. The maximum absolute atomic E-state index is 14.9. The van der Waals surface area contributed by atoms with Crippen LogP contribution in [0.4, 0.5) is 8.78 Å². The Morgan fingerprint density at radius 2 is 1.75 bits per heavy atom. The summed E-state index contributed by atoms with van der Waals surface area (Å²) in [6, 6.07) is 7.36. The number of hydrogen-bond acceptors (Lipinski definition) is 6. The SMILES string of the molecule is C=C(/C=C\C(Cl)=C(/C)Cc1ccc(OCC)cc1)[C@@]1(O)[C@H](O)[C@@H](O)[C@H](O)[C@@H](CO)C1(F)F. The molecule has 5 N–H and O–H groups in total. The molecule has 0 unspecified atom stereocenters. The van der Waals surface area contributed by atoms with E-state index in [9.17, 15) is 34.3 Å². The van der Waals surface area contributed by atoms with Crippen LogP contribution in [0.2, 0.25) is 0 Å². The summed E-state index contributed by atoms with van der Waals surface area (Å²) in [6.45, 7) is 6.37. The molecule has 2 rings (SSSR count). The Morgan fingerprint density at radius 1 is 1.16 bits per heavy atom. The number of rotatable bonds is 8. The van der Waals surface area contributed by atoms with E-state index < -0.39 is 47.9 Å². The summed E-state index contributed by atoms with van der Waals surface area (Å²) in [5.74, 6) is -5.66. The van der Waals surface area contributed by atoms with Gasteiger partial charge in [0.15, 0.2) is 5.60 Å². The van der Waals surface area contributed by atoms with Crippen molar-refractivity contribution < 1.29 is 39.1 Å². The maximum Gasteiger partial charge on any atom is 0.290 e. The first-order valence-electron chi connectivity index (χ1n) is 10.1. The van der Waals surface area contributed by atoms with Gasteiger partial charge in [-0.2, -0.15) is 0 Å². The fourth-order valence-corrected chi connectivity index (χ4v) is 3.83. The lowest BCUT2D eigenvalue weighted by Crippen LogP contribution is -2.73. The largest absolute Gasteiger partial charge is 0.494 e. The molecule has 0 saturated heterocycles. The Hall–Kier alpha value is -1.81. The predicted molar refractivity (Wildman–Crippen MR) is 117 cm³/mol. The Bertz CT molecular complexity index is 870. The minimum Gasteiger partial charge on any atom is -0.494 e. The minimum atomic E-state index is -4.19. The van der Waals surface area contributed by atoms with Gasteiger partial charge in [-0.15, -0.1) is 0 Å². The van der Waals surface area contributed by atoms with Gasteiger partial charge in [-0.3, -0.25) is 0 Å². The third-order valence-electron chi connectivity index (χ3n) is 5.72. The number of alkyl halides is 2. The minimum absolute atomic E-state index is 0.205. The van der Waals surface area contributed by atoms with E-state index in [0.29, 0.717) is 18.6 Å². The Balaban J connectivity index is 2.24. The number of aliphatic hydroxyl groups excluding tert-OH is 4. The average molecular weight is 475 g/mol. The molecule has 178 valence electrons. The van der Waals surface area contributed by atoms with Gasteiger partial charge < -0.3 is 30.3 Å². The van der Waals surface area contributed by atoms with Crippen LogP contribution in [0.1, 0.15) is 19.4 Å². The zero-order chi connectivity index (χ0) is 24.3. The molecule has 1 aromatic rings. The number of ether oxygens (including phenoxy) is 1. The van der Waals surface area contributed by atoms with E-state index >= 15 is 0 Å². The van der Waals surface area contributed by atoms with Gasteiger partial charge in [0.25, 0.3) is 5.92 Å². The molecule has 0 spiro atoms. The highest BCUT2D eigenvalue weighted by Crippen LogP contribution is 2.49. The fourth-order valence-electron chi connectivity index (χ4n) is 3.70. The fraction of sp³-hybridized carbons (Fsp3) is 0.478. The molecule has 0 aliphatic heterocycles. The van der Waals surface area contributed by atoms with Crippen molar-refractivity contribution in [1.29, 1.82) is 0 Å². The van der Waals surface area contributed by atoms with Gasteiger partial charge >= 0.3 is 0 Å². The van der Waals surface area contributed by atoms with E-state index in [-0.39, 0.29) is 5.03 Å². The highest BCUT2D eigenvalue weighted by molar-refractivity contribution is 6.31. The van der Waals surface area contributed by atoms with Gasteiger partial charge in [0.1, 0.15) is 18.0 Å². The predicted octanol–water partition coefficient (Wildman–Crippen LogP) is 2.32. The highest BCUT2D eigenvalue weighted by atomic mass is 35.5. The van der Waals surface area contributed by atoms with Crippen molar-refractivity contribution in [2.24, 2.45) is 5.92 Å². The lowest BCUT2D eigenvalue weighted by atomic mass is 9.66. The van der Waals surface area contributed by atoms with Gasteiger partial charge in [0, 0.05) is 5.03 Å². The highest BCUT2D eigenvalue weighted by Gasteiger charge is 2.70. The smallest absolute Gasteiger partial charge is 0.290 e. The molecule has 1 aromatic carbocycles. The van der Waals surface area contributed by atoms with Crippen LogP contribution in [0.25, 0.3) is 0 Å². The van der Waals surface area contributed by atoms with E-state index in [0.717, 1.165) is 17.4 Å². The molecule has 0 aromatic heterocycles. The zero-order valence-corrected chi connectivity index (χ0v) is 18.6. The van der Waals surface area contributed by atoms with Crippen LogP contribution < -0.4 is 4.74 Å². The van der Waals surface area contributed by atoms with Crippen LogP contribution in [0.3, 0.4) is 0 Å². The molecule has 0 amide bonds. The van der Waals surface area contributed by atoms with Crippen molar-refractivity contribution in [1.82, 2.24) is 0 Å². The van der Waals surface area contributed by atoms with Crippen molar-refractivity contribution in [3.05, 3.63) is 64.7 Å². The summed E-state index contributed by atoms with van der Waals surface area (Å²) in [7, 11) is 0. The molecule has 0 radical (unpaired) electrons. The van der Waals surface area contributed by atoms with Crippen LogP contribution in [0.5, 0.6) is 5.75 Å². The average Bonchev–Trinajstić information content (AvgIpc) is 2.76. The topological polar surface area (TPSA) is 110 Å². The summed E-state index contributed by atoms with van der Waals surface area (Å²) in [6.07, 6.45) is -3.97. The second-order valence-electron chi connectivity index (χ2n) is 7.85. The van der Waals surface area contributed by atoms with Gasteiger partial charge in [0.05, 0.1) is 25.2 Å². The first kappa shape index (κ1) is 26.4. The quantitative estimate of drug-likeness (QED) is 0.370. The van der Waals surface area contributed by atoms with E-state index in [1.54, 1.807) is 6.92 Å². The van der Waals surface area contributed by atoms with Crippen LogP contribution in [-0.2, 0) is 6.42 Å². The first-order chi connectivity index (χ1) is 14.9. The second kappa shape index (κ2) is 10.4. The molecule has 0 heterocycles. The van der Waals surface area contributed by atoms with E-state index in [1.807, 2.05) is 31.2 Å². The molecular weight excluding hydrogens is 446 g/mol. The molecule has 1 aliphatic rings. The van der Waals surface area contributed by atoms with Crippen molar-refractivity contribution >= 4 is 11.6 Å². The van der Waals surface area contributed by atoms with Gasteiger partial charge in [0.2, 0.25) is 0 Å². The monoisotopic (exact) mass is 474 g/mol. The van der Waals surface area contributed by atoms with Gasteiger partial charge in [-0.25, -0.2) is 8.78 Å². The van der Waals surface area contributed by atoms with Crippen LogP contribution in [-0.4, -0.2) is 68.6 Å². The van der Waals surface area contributed by atoms with Crippen LogP contribution in [0, 0.1) is 5.92 Å². The summed E-state index contributed by atoms with van der Waals surface area (Å²) in [5.41, 5.74) is -2.32. The number of halogens is 3. The Kier molecular flexibility index (Phi) is 8.61.